The zero-order chi connectivity index (χ0) is 17.8. The molecule has 1 aromatic carbocycles. The summed E-state index contributed by atoms with van der Waals surface area (Å²) in [5, 5.41) is 4.79. The number of thiazole rings is 1. The Hall–Kier alpha value is -3.26. The number of hydrogen-bond donors (Lipinski definition) is 3. The Balaban J connectivity index is 1.66. The van der Waals surface area contributed by atoms with E-state index in [1.54, 1.807) is 29.8 Å². The van der Waals surface area contributed by atoms with E-state index in [0.29, 0.717) is 22.0 Å². The zero-order valence-electron chi connectivity index (χ0n) is 12.8. The smallest absolute Gasteiger partial charge is 0.265 e. The van der Waals surface area contributed by atoms with Crippen molar-refractivity contribution in [3.63, 3.8) is 0 Å². The Morgan fingerprint density at radius 1 is 1.32 bits per heavy atom. The first-order valence-corrected chi connectivity index (χ1v) is 8.08. The number of carbonyl (C=O) groups is 2. The first-order valence-electron chi connectivity index (χ1n) is 7.20. The summed E-state index contributed by atoms with van der Waals surface area (Å²) < 4.78 is 13.1. The van der Waals surface area contributed by atoms with Gasteiger partial charge < -0.3 is 10.7 Å². The summed E-state index contributed by atoms with van der Waals surface area (Å²) in [5.41, 5.74) is 7.36. The number of nitrogens with two attached hydrogens (primary N) is 1. The maximum Gasteiger partial charge on any atom is 0.265 e. The third-order valence-corrected chi connectivity index (χ3v) is 4.01. The largest absolute Gasteiger partial charge is 0.364 e. The van der Waals surface area contributed by atoms with Crippen LogP contribution < -0.4 is 11.1 Å². The Labute approximate surface area is 146 Å². The van der Waals surface area contributed by atoms with Crippen molar-refractivity contribution in [2.75, 3.05) is 5.32 Å². The number of nitrogens with zero attached hydrogens (tertiary/aromatic N) is 1. The Morgan fingerprint density at radius 3 is 2.88 bits per heavy atom. The minimum atomic E-state index is -0.558. The molecule has 0 saturated carbocycles. The van der Waals surface area contributed by atoms with Gasteiger partial charge in [-0.15, -0.1) is 11.3 Å². The van der Waals surface area contributed by atoms with E-state index in [9.17, 15) is 14.0 Å². The van der Waals surface area contributed by atoms with Gasteiger partial charge in [0.05, 0.1) is 5.69 Å². The van der Waals surface area contributed by atoms with E-state index >= 15 is 0 Å². The number of aromatic amines is 1. The molecule has 4 N–H and O–H groups in total. The van der Waals surface area contributed by atoms with Crippen LogP contribution in [0.3, 0.4) is 0 Å². The van der Waals surface area contributed by atoms with E-state index < -0.39 is 5.91 Å². The second-order valence-electron chi connectivity index (χ2n) is 5.08. The fraction of sp³-hybridized carbons (Fsp3) is 0. The molecule has 0 aliphatic carbocycles. The van der Waals surface area contributed by atoms with Crippen LogP contribution in [0.5, 0.6) is 0 Å². The third kappa shape index (κ3) is 4.18. The van der Waals surface area contributed by atoms with Gasteiger partial charge in [-0.05, 0) is 29.8 Å². The SMILES string of the molecule is NC(=O)c1cc(-c2csc(NC(=O)/C=C/c3cccc(F)c3)n2)c[nH]1. The van der Waals surface area contributed by atoms with Gasteiger partial charge in [-0.1, -0.05) is 12.1 Å². The van der Waals surface area contributed by atoms with Crippen LogP contribution in [-0.4, -0.2) is 21.8 Å². The molecular formula is C17H13FN4O2S. The van der Waals surface area contributed by atoms with Crippen LogP contribution in [0, 0.1) is 5.82 Å². The molecule has 3 aromatic rings. The highest BCUT2D eigenvalue weighted by atomic mass is 32.1. The molecule has 0 fully saturated rings. The number of nitrogens with one attached hydrogen (secondary N) is 2. The van der Waals surface area contributed by atoms with Crippen molar-refractivity contribution >= 4 is 34.4 Å². The van der Waals surface area contributed by atoms with Gasteiger partial charge in [0.2, 0.25) is 5.91 Å². The van der Waals surface area contributed by atoms with Crippen molar-refractivity contribution in [3.8, 4) is 11.3 Å². The van der Waals surface area contributed by atoms with Crippen LogP contribution in [-0.2, 0) is 4.79 Å². The van der Waals surface area contributed by atoms with Gasteiger partial charge in [0, 0.05) is 23.2 Å². The number of benzene rings is 1. The fourth-order valence-corrected chi connectivity index (χ4v) is 2.80. The molecule has 0 aliphatic rings. The molecule has 25 heavy (non-hydrogen) atoms. The van der Waals surface area contributed by atoms with Crippen LogP contribution in [0.4, 0.5) is 9.52 Å². The van der Waals surface area contributed by atoms with Gasteiger partial charge in [0.1, 0.15) is 11.5 Å². The Kier molecular flexibility index (Phi) is 4.71. The van der Waals surface area contributed by atoms with Crippen LogP contribution in [0.25, 0.3) is 17.3 Å². The van der Waals surface area contributed by atoms with Gasteiger partial charge >= 0.3 is 0 Å². The number of aromatic nitrogens is 2. The highest BCUT2D eigenvalue weighted by molar-refractivity contribution is 7.14. The first kappa shape index (κ1) is 16.6. The normalized spacial score (nSPS) is 10.9. The lowest BCUT2D eigenvalue weighted by molar-refractivity contribution is -0.111. The molecule has 0 bridgehead atoms. The predicted molar refractivity (Wildman–Crippen MR) is 94.5 cm³/mol. The van der Waals surface area contributed by atoms with E-state index in [4.69, 9.17) is 5.73 Å². The molecule has 0 spiro atoms. The summed E-state index contributed by atoms with van der Waals surface area (Å²) in [5.74, 6) is -1.30. The quantitative estimate of drug-likeness (QED) is 0.613. The molecular weight excluding hydrogens is 343 g/mol. The summed E-state index contributed by atoms with van der Waals surface area (Å²) >= 11 is 1.25. The molecule has 126 valence electrons. The Bertz CT molecular complexity index is 961. The molecule has 0 unspecified atom stereocenters. The van der Waals surface area contributed by atoms with Gasteiger partial charge in [-0.2, -0.15) is 0 Å². The lowest BCUT2D eigenvalue weighted by Crippen LogP contribution is -2.10. The maximum absolute atomic E-state index is 13.1. The topological polar surface area (TPSA) is 101 Å². The number of carbonyl (C=O) groups excluding carboxylic acids is 2. The van der Waals surface area contributed by atoms with Crippen LogP contribution >= 0.6 is 11.3 Å². The van der Waals surface area contributed by atoms with Crippen LogP contribution in [0.2, 0.25) is 0 Å². The summed E-state index contributed by atoms with van der Waals surface area (Å²) in [7, 11) is 0. The predicted octanol–water partition coefficient (Wildman–Crippen LogP) is 3.03. The fourth-order valence-electron chi connectivity index (χ4n) is 2.08. The zero-order valence-corrected chi connectivity index (χ0v) is 13.6. The van der Waals surface area contributed by atoms with Crippen molar-refractivity contribution in [2.24, 2.45) is 5.73 Å². The molecule has 0 radical (unpaired) electrons. The van der Waals surface area contributed by atoms with Crippen molar-refractivity contribution in [1.29, 1.82) is 0 Å². The number of primary amides is 1. The lowest BCUT2D eigenvalue weighted by Gasteiger charge is -1.96. The summed E-state index contributed by atoms with van der Waals surface area (Å²) in [4.78, 5) is 30.0. The number of hydrogen-bond acceptors (Lipinski definition) is 4. The maximum atomic E-state index is 13.1. The molecule has 8 heteroatoms. The average Bonchev–Trinajstić information content (AvgIpc) is 3.22. The van der Waals surface area contributed by atoms with E-state index in [1.807, 2.05) is 0 Å². The van der Waals surface area contributed by atoms with Gasteiger partial charge in [0.15, 0.2) is 5.13 Å². The van der Waals surface area contributed by atoms with Crippen LogP contribution in [0.15, 0.2) is 48.0 Å². The molecule has 0 saturated heterocycles. The summed E-state index contributed by atoms with van der Waals surface area (Å²) in [6.45, 7) is 0. The molecule has 0 atom stereocenters. The van der Waals surface area contributed by atoms with E-state index in [2.05, 4.69) is 15.3 Å². The second-order valence-corrected chi connectivity index (χ2v) is 5.94. The van der Waals surface area contributed by atoms with Crippen molar-refractivity contribution < 1.29 is 14.0 Å². The Morgan fingerprint density at radius 2 is 2.16 bits per heavy atom. The molecule has 2 amide bonds. The third-order valence-electron chi connectivity index (χ3n) is 3.25. The summed E-state index contributed by atoms with van der Waals surface area (Å²) in [6, 6.07) is 7.51. The minimum absolute atomic E-state index is 0.284. The highest BCUT2D eigenvalue weighted by Crippen LogP contribution is 2.25. The molecule has 2 aromatic heterocycles. The number of H-pyrrole nitrogens is 1. The number of anilines is 1. The minimum Gasteiger partial charge on any atom is -0.364 e. The first-order chi connectivity index (χ1) is 12.0. The second kappa shape index (κ2) is 7.10. The van der Waals surface area contributed by atoms with Gasteiger partial charge in [-0.3, -0.25) is 14.9 Å². The standard InChI is InChI=1S/C17H13FN4O2S/c18-12-3-1-2-10(6-12)4-5-15(23)22-17-21-14(9-25-17)11-7-13(16(19)24)20-8-11/h1-9,20H,(H2,19,24)(H,21,22,23)/b5-4+. The van der Waals surface area contributed by atoms with E-state index in [1.165, 1.54) is 35.6 Å². The van der Waals surface area contributed by atoms with Gasteiger partial charge in [-0.25, -0.2) is 9.37 Å². The highest BCUT2D eigenvalue weighted by Gasteiger charge is 2.10. The lowest BCUT2D eigenvalue weighted by atomic mass is 10.2. The van der Waals surface area contributed by atoms with E-state index in [0.717, 1.165) is 0 Å². The summed E-state index contributed by atoms with van der Waals surface area (Å²) in [6.07, 6.45) is 4.43. The number of halogens is 1. The molecule has 0 aliphatic heterocycles. The van der Waals surface area contributed by atoms with Crippen molar-refractivity contribution in [1.82, 2.24) is 9.97 Å². The average molecular weight is 356 g/mol. The number of rotatable bonds is 5. The molecule has 2 heterocycles. The van der Waals surface area contributed by atoms with E-state index in [-0.39, 0.29) is 17.4 Å². The molecule has 3 rings (SSSR count). The van der Waals surface area contributed by atoms with Crippen molar-refractivity contribution in [3.05, 3.63) is 65.1 Å². The van der Waals surface area contributed by atoms with Gasteiger partial charge in [0.25, 0.3) is 5.91 Å². The monoisotopic (exact) mass is 356 g/mol. The number of amides is 2. The van der Waals surface area contributed by atoms with Crippen molar-refractivity contribution in [2.45, 2.75) is 0 Å². The van der Waals surface area contributed by atoms with Crippen LogP contribution in [0.1, 0.15) is 16.1 Å². The molecule has 6 nitrogen and oxygen atoms in total.